The number of carbonyl (C=O) groups excluding carboxylic acids is 1. The van der Waals surface area contributed by atoms with Gasteiger partial charge in [-0.2, -0.15) is 0 Å². The van der Waals surface area contributed by atoms with E-state index in [4.69, 9.17) is 5.73 Å². The number of benzene rings is 1. The van der Waals surface area contributed by atoms with Gasteiger partial charge in [0.2, 0.25) is 5.91 Å². The zero-order valence-corrected chi connectivity index (χ0v) is 12.0. The van der Waals surface area contributed by atoms with Crippen molar-refractivity contribution in [3.05, 3.63) is 28.2 Å². The fourth-order valence-corrected chi connectivity index (χ4v) is 1.90. The average molecular weight is 299 g/mol. The van der Waals surface area contributed by atoms with Crippen molar-refractivity contribution < 1.29 is 4.79 Å². The highest BCUT2D eigenvalue weighted by atomic mass is 79.9. The smallest absolute Gasteiger partial charge is 0.241 e. The number of carbonyl (C=O) groups is 1. The summed E-state index contributed by atoms with van der Waals surface area (Å²) in [5, 5.41) is 2.88. The average Bonchev–Trinajstić information content (AvgIpc) is 2.30. The number of nitrogens with two attached hydrogens (primary N) is 1. The Morgan fingerprint density at radius 2 is 2.12 bits per heavy atom. The van der Waals surface area contributed by atoms with Gasteiger partial charge in [-0.15, -0.1) is 0 Å². The molecule has 0 aliphatic heterocycles. The Morgan fingerprint density at radius 3 is 2.65 bits per heavy atom. The van der Waals surface area contributed by atoms with Crippen LogP contribution in [0.15, 0.2) is 22.7 Å². The molecular weight excluding hydrogens is 280 g/mol. The molecule has 0 saturated carbocycles. The molecule has 0 heterocycles. The molecule has 1 rings (SSSR count). The van der Waals surface area contributed by atoms with Gasteiger partial charge in [0.15, 0.2) is 0 Å². The van der Waals surface area contributed by atoms with Crippen LogP contribution in [0.1, 0.15) is 26.3 Å². The molecule has 0 aliphatic rings. The fraction of sp³-hybridized carbons (Fsp3) is 0.462. The van der Waals surface area contributed by atoms with Gasteiger partial charge < -0.3 is 11.1 Å². The molecule has 0 aromatic heterocycles. The molecular formula is C13H19BrN2O. The summed E-state index contributed by atoms with van der Waals surface area (Å²) >= 11 is 3.42. The molecule has 17 heavy (non-hydrogen) atoms. The molecule has 1 aromatic rings. The zero-order valence-electron chi connectivity index (χ0n) is 10.5. The summed E-state index contributed by atoms with van der Waals surface area (Å²) in [7, 11) is 0. The molecule has 3 N–H and O–H groups in total. The Hall–Kier alpha value is -0.870. The van der Waals surface area contributed by atoms with Gasteiger partial charge in [0.05, 0.1) is 6.04 Å². The minimum atomic E-state index is -0.469. The van der Waals surface area contributed by atoms with Crippen LogP contribution in [0.4, 0.5) is 5.69 Å². The predicted octanol–water partition coefficient (Wildman–Crippen LogP) is 2.93. The molecule has 0 fully saturated rings. The highest BCUT2D eigenvalue weighted by Crippen LogP contribution is 2.21. The number of anilines is 1. The highest BCUT2D eigenvalue weighted by molar-refractivity contribution is 9.10. The highest BCUT2D eigenvalue weighted by Gasteiger charge is 2.17. The van der Waals surface area contributed by atoms with Crippen LogP contribution in [0.5, 0.6) is 0 Å². The van der Waals surface area contributed by atoms with Gasteiger partial charge in [0.25, 0.3) is 0 Å². The Labute approximate surface area is 111 Å². The van der Waals surface area contributed by atoms with Crippen LogP contribution in [-0.2, 0) is 11.2 Å². The van der Waals surface area contributed by atoms with Crippen LogP contribution >= 0.6 is 15.9 Å². The molecule has 1 amide bonds. The predicted molar refractivity (Wildman–Crippen MR) is 75.0 cm³/mol. The maximum Gasteiger partial charge on any atom is 0.241 e. The number of amides is 1. The SMILES string of the molecule is CCc1cc(Br)ccc1NC(=O)C(N)C(C)C. The molecule has 0 bridgehead atoms. The molecule has 0 saturated heterocycles. The van der Waals surface area contributed by atoms with E-state index >= 15 is 0 Å². The minimum Gasteiger partial charge on any atom is -0.324 e. The van der Waals surface area contributed by atoms with Crippen molar-refractivity contribution in [2.45, 2.75) is 33.2 Å². The molecule has 4 heteroatoms. The first-order valence-electron chi connectivity index (χ1n) is 5.80. The summed E-state index contributed by atoms with van der Waals surface area (Å²) < 4.78 is 1.01. The molecule has 1 unspecified atom stereocenters. The van der Waals surface area contributed by atoms with E-state index in [0.29, 0.717) is 0 Å². The number of rotatable bonds is 4. The Kier molecular flexibility index (Phi) is 5.15. The van der Waals surface area contributed by atoms with Crippen molar-refractivity contribution in [2.24, 2.45) is 11.7 Å². The fourth-order valence-electron chi connectivity index (χ4n) is 1.50. The molecule has 3 nitrogen and oxygen atoms in total. The summed E-state index contributed by atoms with van der Waals surface area (Å²) in [6, 6.07) is 5.35. The van der Waals surface area contributed by atoms with Crippen LogP contribution < -0.4 is 11.1 Å². The lowest BCUT2D eigenvalue weighted by molar-refractivity contribution is -0.118. The van der Waals surface area contributed by atoms with E-state index in [1.54, 1.807) is 0 Å². The number of hydrogen-bond donors (Lipinski definition) is 2. The van der Waals surface area contributed by atoms with Crippen molar-refractivity contribution in [3.63, 3.8) is 0 Å². The standard InChI is InChI=1S/C13H19BrN2O/c1-4-9-7-10(14)5-6-11(9)16-13(17)12(15)8(2)3/h5-8,12H,4,15H2,1-3H3,(H,16,17). The maximum absolute atomic E-state index is 11.9. The zero-order chi connectivity index (χ0) is 13.0. The first-order chi connectivity index (χ1) is 7.95. The van der Waals surface area contributed by atoms with Crippen LogP contribution in [0.25, 0.3) is 0 Å². The van der Waals surface area contributed by atoms with E-state index in [9.17, 15) is 4.79 Å². The number of hydrogen-bond acceptors (Lipinski definition) is 2. The lowest BCUT2D eigenvalue weighted by Gasteiger charge is -2.17. The van der Waals surface area contributed by atoms with Crippen molar-refractivity contribution in [2.75, 3.05) is 5.32 Å². The third-order valence-electron chi connectivity index (χ3n) is 2.73. The summed E-state index contributed by atoms with van der Waals surface area (Å²) in [6.45, 7) is 5.93. The third kappa shape index (κ3) is 3.82. The van der Waals surface area contributed by atoms with Gasteiger partial charge in [0.1, 0.15) is 0 Å². The van der Waals surface area contributed by atoms with Crippen LogP contribution in [0.2, 0.25) is 0 Å². The lowest BCUT2D eigenvalue weighted by Crippen LogP contribution is -2.39. The van der Waals surface area contributed by atoms with Gasteiger partial charge in [-0.3, -0.25) is 4.79 Å². The third-order valence-corrected chi connectivity index (χ3v) is 3.22. The molecule has 94 valence electrons. The molecule has 0 radical (unpaired) electrons. The van der Waals surface area contributed by atoms with Crippen molar-refractivity contribution in [1.29, 1.82) is 0 Å². The van der Waals surface area contributed by atoms with Gasteiger partial charge >= 0.3 is 0 Å². The minimum absolute atomic E-state index is 0.128. The number of halogens is 1. The second-order valence-corrected chi connectivity index (χ2v) is 5.33. The number of nitrogens with one attached hydrogen (secondary N) is 1. The van der Waals surface area contributed by atoms with Gasteiger partial charge in [-0.25, -0.2) is 0 Å². The van der Waals surface area contributed by atoms with Crippen LogP contribution in [-0.4, -0.2) is 11.9 Å². The number of aryl methyl sites for hydroxylation is 1. The van der Waals surface area contributed by atoms with Crippen molar-refractivity contribution in [1.82, 2.24) is 0 Å². The second-order valence-electron chi connectivity index (χ2n) is 4.41. The van der Waals surface area contributed by atoms with Crippen LogP contribution in [0.3, 0.4) is 0 Å². The first kappa shape index (κ1) is 14.2. The monoisotopic (exact) mass is 298 g/mol. The maximum atomic E-state index is 11.9. The Balaban J connectivity index is 2.84. The normalized spacial score (nSPS) is 12.6. The topological polar surface area (TPSA) is 55.1 Å². The largest absolute Gasteiger partial charge is 0.324 e. The first-order valence-corrected chi connectivity index (χ1v) is 6.59. The summed E-state index contributed by atoms with van der Waals surface area (Å²) in [5.74, 6) is 0.00699. The van der Waals surface area contributed by atoms with Gasteiger partial charge in [-0.1, -0.05) is 36.7 Å². The van der Waals surface area contributed by atoms with E-state index in [0.717, 1.165) is 22.1 Å². The van der Waals surface area contributed by atoms with Crippen molar-refractivity contribution >= 4 is 27.5 Å². The Morgan fingerprint density at radius 1 is 1.47 bits per heavy atom. The quantitative estimate of drug-likeness (QED) is 0.898. The van der Waals surface area contributed by atoms with E-state index in [-0.39, 0.29) is 11.8 Å². The van der Waals surface area contributed by atoms with Gasteiger partial charge in [-0.05, 0) is 36.1 Å². The van der Waals surface area contributed by atoms with E-state index < -0.39 is 6.04 Å². The van der Waals surface area contributed by atoms with E-state index in [2.05, 4.69) is 28.2 Å². The van der Waals surface area contributed by atoms with E-state index in [1.165, 1.54) is 0 Å². The summed E-state index contributed by atoms with van der Waals surface area (Å²) in [5.41, 5.74) is 7.75. The van der Waals surface area contributed by atoms with Gasteiger partial charge in [0, 0.05) is 10.2 Å². The Bertz CT molecular complexity index is 404. The van der Waals surface area contributed by atoms with Crippen LogP contribution in [0, 0.1) is 5.92 Å². The van der Waals surface area contributed by atoms with E-state index in [1.807, 2.05) is 32.0 Å². The summed E-state index contributed by atoms with van der Waals surface area (Å²) in [4.78, 5) is 11.9. The lowest BCUT2D eigenvalue weighted by atomic mass is 10.0. The molecule has 0 aliphatic carbocycles. The van der Waals surface area contributed by atoms with Crippen molar-refractivity contribution in [3.8, 4) is 0 Å². The molecule has 1 aromatic carbocycles. The summed E-state index contributed by atoms with van der Waals surface area (Å²) in [6.07, 6.45) is 0.867. The molecule has 0 spiro atoms. The second kappa shape index (κ2) is 6.17. The molecule has 1 atom stereocenters.